The van der Waals surface area contributed by atoms with Crippen LogP contribution in [0.1, 0.15) is 17.0 Å². The van der Waals surface area contributed by atoms with Crippen molar-refractivity contribution < 1.29 is 19.4 Å². The van der Waals surface area contributed by atoms with Crippen LogP contribution in [0.15, 0.2) is 48.5 Å². The van der Waals surface area contributed by atoms with Crippen LogP contribution < -0.4 is 5.32 Å². The van der Waals surface area contributed by atoms with E-state index in [4.69, 9.17) is 9.47 Å². The van der Waals surface area contributed by atoms with Crippen LogP contribution in [0.25, 0.3) is 11.1 Å². The fourth-order valence-electron chi connectivity index (χ4n) is 3.15. The van der Waals surface area contributed by atoms with Gasteiger partial charge in [0.25, 0.3) is 0 Å². The number of aliphatic hydroxyl groups is 1. The first-order chi connectivity index (χ1) is 11.7. The first-order valence-corrected chi connectivity index (χ1v) is 7.96. The molecular weight excluding hydrogens is 306 g/mol. The molecule has 126 valence electrons. The van der Waals surface area contributed by atoms with Gasteiger partial charge in [0.2, 0.25) is 0 Å². The first kappa shape index (κ1) is 16.5. The lowest BCUT2D eigenvalue weighted by molar-refractivity contribution is 0.105. The van der Waals surface area contributed by atoms with Gasteiger partial charge in [0, 0.05) is 13.0 Å². The molecule has 1 atom stereocenters. The summed E-state index contributed by atoms with van der Waals surface area (Å²) in [5.74, 6) is 0.0261. The maximum atomic E-state index is 12.0. The zero-order chi connectivity index (χ0) is 16.9. The Kier molecular flexibility index (Phi) is 5.13. The number of hydrogen-bond acceptors (Lipinski definition) is 4. The van der Waals surface area contributed by atoms with Crippen LogP contribution in [-0.2, 0) is 9.47 Å². The standard InChI is InChI=1S/C19H21NO4/c1-23-11-13(10-21)20-19(22)24-12-18-16-8-4-2-6-14(16)15-7-3-5-9-17(15)18/h2-9,13,18,21H,10-12H2,1H3,(H,20,22)/t13-/m1/s1. The predicted octanol–water partition coefficient (Wildman–Crippen LogP) is 2.53. The second-order valence-corrected chi connectivity index (χ2v) is 5.80. The van der Waals surface area contributed by atoms with Crippen molar-refractivity contribution in [2.75, 3.05) is 26.9 Å². The average molecular weight is 327 g/mol. The van der Waals surface area contributed by atoms with E-state index in [1.165, 1.54) is 29.4 Å². The summed E-state index contributed by atoms with van der Waals surface area (Å²) in [5, 5.41) is 11.8. The molecule has 24 heavy (non-hydrogen) atoms. The second kappa shape index (κ2) is 7.47. The molecular formula is C19H21NO4. The zero-order valence-electron chi connectivity index (χ0n) is 13.6. The molecule has 0 bridgehead atoms. The third kappa shape index (κ3) is 3.27. The smallest absolute Gasteiger partial charge is 0.407 e. The molecule has 2 aromatic rings. The first-order valence-electron chi connectivity index (χ1n) is 7.96. The van der Waals surface area contributed by atoms with Crippen LogP contribution in [0, 0.1) is 0 Å². The van der Waals surface area contributed by atoms with Crippen molar-refractivity contribution in [1.82, 2.24) is 5.32 Å². The minimum absolute atomic E-state index is 0.0261. The van der Waals surface area contributed by atoms with Gasteiger partial charge in [-0.3, -0.25) is 0 Å². The molecule has 0 saturated heterocycles. The predicted molar refractivity (Wildman–Crippen MR) is 91.0 cm³/mol. The molecule has 0 aromatic heterocycles. The van der Waals surface area contributed by atoms with Crippen molar-refractivity contribution in [3.05, 3.63) is 59.7 Å². The van der Waals surface area contributed by atoms with Crippen LogP contribution >= 0.6 is 0 Å². The number of hydrogen-bond donors (Lipinski definition) is 2. The van der Waals surface area contributed by atoms with Crippen molar-refractivity contribution in [3.8, 4) is 11.1 Å². The lowest BCUT2D eigenvalue weighted by atomic mass is 9.98. The van der Waals surface area contributed by atoms with Crippen molar-refractivity contribution in [3.63, 3.8) is 0 Å². The van der Waals surface area contributed by atoms with E-state index < -0.39 is 12.1 Å². The molecule has 1 amide bonds. The Labute approximate surface area is 141 Å². The SMILES string of the molecule is COC[C@@H](CO)NC(=O)OCC1c2ccccc2-c2ccccc21. The fraction of sp³-hybridized carbons (Fsp3) is 0.316. The molecule has 2 N–H and O–H groups in total. The van der Waals surface area contributed by atoms with E-state index in [0.29, 0.717) is 0 Å². The molecule has 1 aliphatic carbocycles. The summed E-state index contributed by atoms with van der Waals surface area (Å²) in [4.78, 5) is 12.0. The fourth-order valence-corrected chi connectivity index (χ4v) is 3.15. The highest BCUT2D eigenvalue weighted by Crippen LogP contribution is 2.44. The number of fused-ring (bicyclic) bond motifs is 3. The van der Waals surface area contributed by atoms with E-state index in [0.717, 1.165) is 0 Å². The molecule has 0 unspecified atom stereocenters. The minimum atomic E-state index is -0.548. The molecule has 2 aromatic carbocycles. The van der Waals surface area contributed by atoms with Crippen LogP contribution in [-0.4, -0.2) is 44.2 Å². The van der Waals surface area contributed by atoms with Crippen LogP contribution in [0.4, 0.5) is 4.79 Å². The lowest BCUT2D eigenvalue weighted by Gasteiger charge is -2.17. The molecule has 0 saturated carbocycles. The monoisotopic (exact) mass is 327 g/mol. The third-order valence-corrected chi connectivity index (χ3v) is 4.25. The zero-order valence-corrected chi connectivity index (χ0v) is 13.6. The quantitative estimate of drug-likeness (QED) is 0.855. The van der Waals surface area contributed by atoms with Gasteiger partial charge in [0.1, 0.15) is 6.61 Å². The molecule has 0 fully saturated rings. The van der Waals surface area contributed by atoms with Crippen molar-refractivity contribution in [2.24, 2.45) is 0 Å². The van der Waals surface area contributed by atoms with Gasteiger partial charge in [-0.2, -0.15) is 0 Å². The summed E-state index contributed by atoms with van der Waals surface area (Å²) in [5.41, 5.74) is 4.72. The summed E-state index contributed by atoms with van der Waals surface area (Å²) in [6.45, 7) is 0.295. The highest BCUT2D eigenvalue weighted by atomic mass is 16.5. The maximum absolute atomic E-state index is 12.0. The minimum Gasteiger partial charge on any atom is -0.449 e. The Morgan fingerprint density at radius 2 is 1.71 bits per heavy atom. The van der Waals surface area contributed by atoms with E-state index in [1.807, 2.05) is 24.3 Å². The number of carbonyl (C=O) groups excluding carboxylic acids is 1. The summed E-state index contributed by atoms with van der Waals surface area (Å²) in [6.07, 6.45) is -0.548. The molecule has 0 aliphatic heterocycles. The molecule has 3 rings (SSSR count). The Morgan fingerprint density at radius 1 is 1.12 bits per heavy atom. The van der Waals surface area contributed by atoms with Gasteiger partial charge < -0.3 is 19.9 Å². The summed E-state index contributed by atoms with van der Waals surface area (Å²) in [6, 6.07) is 15.9. The van der Waals surface area contributed by atoms with Gasteiger partial charge in [-0.05, 0) is 22.3 Å². The Morgan fingerprint density at radius 3 is 2.25 bits per heavy atom. The molecule has 0 radical (unpaired) electrons. The molecule has 5 nitrogen and oxygen atoms in total. The number of alkyl carbamates (subject to hydrolysis) is 1. The van der Waals surface area contributed by atoms with Gasteiger partial charge in [0.15, 0.2) is 0 Å². The third-order valence-electron chi connectivity index (χ3n) is 4.25. The number of nitrogens with one attached hydrogen (secondary N) is 1. The number of methoxy groups -OCH3 is 1. The highest BCUT2D eigenvalue weighted by Gasteiger charge is 2.29. The Bertz CT molecular complexity index is 671. The summed E-state index contributed by atoms with van der Waals surface area (Å²) >= 11 is 0. The van der Waals surface area contributed by atoms with Crippen molar-refractivity contribution >= 4 is 6.09 Å². The lowest BCUT2D eigenvalue weighted by Crippen LogP contribution is -2.41. The maximum Gasteiger partial charge on any atom is 0.407 e. The van der Waals surface area contributed by atoms with Gasteiger partial charge in [-0.25, -0.2) is 4.79 Å². The largest absolute Gasteiger partial charge is 0.449 e. The van der Waals surface area contributed by atoms with Gasteiger partial charge in [0.05, 0.1) is 19.3 Å². The second-order valence-electron chi connectivity index (χ2n) is 5.80. The van der Waals surface area contributed by atoms with E-state index >= 15 is 0 Å². The molecule has 0 spiro atoms. The van der Waals surface area contributed by atoms with E-state index in [-0.39, 0.29) is 25.7 Å². The summed E-state index contributed by atoms with van der Waals surface area (Å²) in [7, 11) is 1.52. The molecule has 5 heteroatoms. The summed E-state index contributed by atoms with van der Waals surface area (Å²) < 4.78 is 10.3. The van der Waals surface area contributed by atoms with Gasteiger partial charge in [-0.1, -0.05) is 48.5 Å². The van der Waals surface area contributed by atoms with Crippen LogP contribution in [0.5, 0.6) is 0 Å². The highest BCUT2D eigenvalue weighted by molar-refractivity contribution is 5.79. The van der Waals surface area contributed by atoms with Crippen molar-refractivity contribution in [1.29, 1.82) is 0 Å². The topological polar surface area (TPSA) is 67.8 Å². The Hall–Kier alpha value is -2.37. The van der Waals surface area contributed by atoms with Gasteiger partial charge >= 0.3 is 6.09 Å². The molecule has 0 heterocycles. The van der Waals surface area contributed by atoms with Crippen molar-refractivity contribution in [2.45, 2.75) is 12.0 Å². The average Bonchev–Trinajstić information content (AvgIpc) is 2.93. The van der Waals surface area contributed by atoms with Crippen LogP contribution in [0.2, 0.25) is 0 Å². The number of amides is 1. The van der Waals surface area contributed by atoms with Crippen LogP contribution in [0.3, 0.4) is 0 Å². The Balaban J connectivity index is 1.70. The van der Waals surface area contributed by atoms with E-state index in [1.54, 1.807) is 0 Å². The molecule has 1 aliphatic rings. The number of carbonyl (C=O) groups is 1. The number of rotatable bonds is 6. The van der Waals surface area contributed by atoms with Gasteiger partial charge in [-0.15, -0.1) is 0 Å². The number of aliphatic hydroxyl groups excluding tert-OH is 1. The van der Waals surface area contributed by atoms with E-state index in [9.17, 15) is 9.90 Å². The number of benzene rings is 2. The number of ether oxygens (including phenoxy) is 2. The van der Waals surface area contributed by atoms with E-state index in [2.05, 4.69) is 29.6 Å². The normalized spacial score (nSPS) is 13.9.